The largest absolute Gasteiger partial charge is 0.399 e. The van der Waals surface area contributed by atoms with Crippen molar-refractivity contribution in [3.63, 3.8) is 0 Å². The van der Waals surface area contributed by atoms with Crippen LogP contribution < -0.4 is 17.2 Å². The van der Waals surface area contributed by atoms with Gasteiger partial charge in [-0.05, 0) is 54.6 Å². The Morgan fingerprint density at radius 3 is 2.22 bits per heavy atom. The smallest absolute Gasteiger partial charge is 0.164 e. The SMILES string of the molecule is NC(=Nc1ccccc1)Sc1ccc(N=C(N)c2ccc(N)cc2)c(Cl)c1. The highest BCUT2D eigenvalue weighted by molar-refractivity contribution is 8.13. The van der Waals surface area contributed by atoms with Crippen molar-refractivity contribution in [2.45, 2.75) is 4.90 Å². The molecule has 5 nitrogen and oxygen atoms in total. The van der Waals surface area contributed by atoms with Gasteiger partial charge in [-0.15, -0.1) is 0 Å². The first kappa shape index (κ1) is 18.8. The van der Waals surface area contributed by atoms with E-state index in [4.69, 9.17) is 28.8 Å². The molecular weight excluding hydrogens is 378 g/mol. The molecule has 0 saturated carbocycles. The second kappa shape index (κ2) is 8.62. The van der Waals surface area contributed by atoms with Crippen molar-refractivity contribution >= 4 is 51.4 Å². The maximum atomic E-state index is 6.35. The molecule has 3 aromatic rings. The fourth-order valence-corrected chi connectivity index (χ4v) is 3.26. The molecule has 0 bridgehead atoms. The molecule has 0 radical (unpaired) electrons. The minimum Gasteiger partial charge on any atom is -0.399 e. The molecule has 136 valence electrons. The van der Waals surface area contributed by atoms with E-state index in [1.54, 1.807) is 24.3 Å². The predicted octanol–water partition coefficient (Wildman–Crippen LogP) is 4.70. The molecule has 0 aliphatic heterocycles. The molecule has 0 aliphatic rings. The van der Waals surface area contributed by atoms with Crippen LogP contribution in [0.5, 0.6) is 0 Å². The molecule has 0 aliphatic carbocycles. The van der Waals surface area contributed by atoms with Crippen LogP contribution in [0.2, 0.25) is 5.02 Å². The van der Waals surface area contributed by atoms with Crippen molar-refractivity contribution in [1.29, 1.82) is 0 Å². The standard InChI is InChI=1S/C20H18ClN5S/c21-17-12-16(27-20(24)25-15-4-2-1-3-5-15)10-11-18(17)26-19(23)13-6-8-14(22)9-7-13/h1-12H,22H2,(H2,23,26)(H2,24,25). The number of rotatable bonds is 4. The number of thioether (sulfide) groups is 1. The summed E-state index contributed by atoms with van der Waals surface area (Å²) in [6.45, 7) is 0. The summed E-state index contributed by atoms with van der Waals surface area (Å²) in [5.41, 5.74) is 20.6. The van der Waals surface area contributed by atoms with Gasteiger partial charge in [-0.3, -0.25) is 0 Å². The number of benzene rings is 3. The molecule has 0 aromatic heterocycles. The van der Waals surface area contributed by atoms with E-state index in [0.717, 1.165) is 16.1 Å². The number of nitrogens with zero attached hydrogens (tertiary/aromatic N) is 2. The van der Waals surface area contributed by atoms with Crippen LogP contribution >= 0.6 is 23.4 Å². The average Bonchev–Trinajstić information content (AvgIpc) is 2.65. The normalized spacial score (nSPS) is 12.2. The van der Waals surface area contributed by atoms with Gasteiger partial charge in [0.25, 0.3) is 0 Å². The van der Waals surface area contributed by atoms with Crippen LogP contribution in [-0.4, -0.2) is 11.0 Å². The third kappa shape index (κ3) is 5.26. The molecule has 27 heavy (non-hydrogen) atoms. The Balaban J connectivity index is 1.76. The van der Waals surface area contributed by atoms with Crippen molar-refractivity contribution in [2.75, 3.05) is 5.73 Å². The highest BCUT2D eigenvalue weighted by atomic mass is 35.5. The van der Waals surface area contributed by atoms with Crippen LogP contribution in [0, 0.1) is 0 Å². The van der Waals surface area contributed by atoms with Crippen molar-refractivity contribution in [3.8, 4) is 0 Å². The lowest BCUT2D eigenvalue weighted by atomic mass is 10.2. The number of nitrogens with two attached hydrogens (primary N) is 3. The number of hydrogen-bond donors (Lipinski definition) is 3. The van der Waals surface area contributed by atoms with E-state index < -0.39 is 0 Å². The molecule has 3 rings (SSSR count). The fourth-order valence-electron chi connectivity index (χ4n) is 2.26. The van der Waals surface area contributed by atoms with E-state index in [9.17, 15) is 0 Å². The Kier molecular flexibility index (Phi) is 6.01. The molecule has 0 unspecified atom stereocenters. The average molecular weight is 396 g/mol. The number of anilines is 1. The fraction of sp³-hybridized carbons (Fsp3) is 0. The van der Waals surface area contributed by atoms with Crippen molar-refractivity contribution in [2.24, 2.45) is 21.5 Å². The number of aliphatic imine (C=N–C) groups is 2. The summed E-state index contributed by atoms with van der Waals surface area (Å²) in [5.74, 6) is 0.363. The van der Waals surface area contributed by atoms with Gasteiger partial charge in [0.15, 0.2) is 5.17 Å². The first-order valence-electron chi connectivity index (χ1n) is 8.08. The second-order valence-corrected chi connectivity index (χ2v) is 7.12. The number of para-hydroxylation sites is 1. The summed E-state index contributed by atoms with van der Waals surface area (Å²) in [5, 5.41) is 0.904. The lowest BCUT2D eigenvalue weighted by molar-refractivity contribution is 1.40. The Bertz CT molecular complexity index is 985. The Hall–Kier alpha value is -2.96. The number of hydrogen-bond acceptors (Lipinski definition) is 4. The van der Waals surface area contributed by atoms with Crippen LogP contribution in [0.25, 0.3) is 0 Å². The third-order valence-electron chi connectivity index (χ3n) is 3.58. The monoisotopic (exact) mass is 395 g/mol. The lowest BCUT2D eigenvalue weighted by Gasteiger charge is -2.06. The molecule has 3 aromatic carbocycles. The van der Waals surface area contributed by atoms with E-state index in [2.05, 4.69) is 9.98 Å². The van der Waals surface area contributed by atoms with E-state index in [1.807, 2.05) is 48.5 Å². The van der Waals surface area contributed by atoms with E-state index in [1.165, 1.54) is 11.8 Å². The van der Waals surface area contributed by atoms with Gasteiger partial charge in [0.05, 0.1) is 16.4 Å². The maximum Gasteiger partial charge on any atom is 0.164 e. The summed E-state index contributed by atoms with van der Waals surface area (Å²) in [7, 11) is 0. The first-order valence-corrected chi connectivity index (χ1v) is 9.27. The summed E-state index contributed by atoms with van der Waals surface area (Å²) in [6.07, 6.45) is 0. The van der Waals surface area contributed by atoms with Gasteiger partial charge in [-0.2, -0.15) is 0 Å². The lowest BCUT2D eigenvalue weighted by Crippen LogP contribution is -2.12. The van der Waals surface area contributed by atoms with Crippen LogP contribution in [0.3, 0.4) is 0 Å². The zero-order valence-electron chi connectivity index (χ0n) is 14.3. The number of amidine groups is 2. The van der Waals surface area contributed by atoms with Crippen molar-refractivity contribution in [3.05, 3.63) is 83.4 Å². The maximum absolute atomic E-state index is 6.35. The minimum absolute atomic E-state index is 0.363. The molecule has 0 amide bonds. The van der Waals surface area contributed by atoms with Gasteiger partial charge in [0, 0.05) is 16.1 Å². The second-order valence-electron chi connectivity index (χ2n) is 5.62. The molecule has 7 heteroatoms. The minimum atomic E-state index is 0.363. The number of halogens is 1. The quantitative estimate of drug-likeness (QED) is 0.258. The Labute approximate surface area is 167 Å². The Morgan fingerprint density at radius 1 is 0.852 bits per heavy atom. The molecule has 6 N–H and O–H groups in total. The van der Waals surface area contributed by atoms with Gasteiger partial charge in [0.2, 0.25) is 0 Å². The predicted molar refractivity (Wildman–Crippen MR) is 116 cm³/mol. The van der Waals surface area contributed by atoms with Crippen LogP contribution in [0.15, 0.2) is 87.7 Å². The summed E-state index contributed by atoms with van der Waals surface area (Å²) in [6, 6.07) is 22.1. The van der Waals surface area contributed by atoms with Gasteiger partial charge in [-0.25, -0.2) is 9.98 Å². The van der Waals surface area contributed by atoms with Gasteiger partial charge in [-0.1, -0.05) is 41.6 Å². The van der Waals surface area contributed by atoms with Gasteiger partial charge < -0.3 is 17.2 Å². The first-order chi connectivity index (χ1) is 13.0. The van der Waals surface area contributed by atoms with E-state index >= 15 is 0 Å². The zero-order valence-corrected chi connectivity index (χ0v) is 15.9. The van der Waals surface area contributed by atoms with Crippen LogP contribution in [0.4, 0.5) is 17.1 Å². The highest BCUT2D eigenvalue weighted by Crippen LogP contribution is 2.31. The molecule has 0 heterocycles. The van der Waals surface area contributed by atoms with Gasteiger partial charge >= 0.3 is 0 Å². The van der Waals surface area contributed by atoms with Crippen LogP contribution in [-0.2, 0) is 0 Å². The highest BCUT2D eigenvalue weighted by Gasteiger charge is 2.06. The van der Waals surface area contributed by atoms with E-state index in [-0.39, 0.29) is 0 Å². The molecule has 0 fully saturated rings. The molecule has 0 spiro atoms. The molecule has 0 atom stereocenters. The summed E-state index contributed by atoms with van der Waals surface area (Å²) >= 11 is 7.68. The topological polar surface area (TPSA) is 103 Å². The summed E-state index contributed by atoms with van der Waals surface area (Å²) in [4.78, 5) is 9.62. The Morgan fingerprint density at radius 2 is 1.56 bits per heavy atom. The molecular formula is C20H18ClN5S. The zero-order chi connectivity index (χ0) is 19.2. The van der Waals surface area contributed by atoms with E-state index in [0.29, 0.717) is 27.4 Å². The van der Waals surface area contributed by atoms with Crippen LogP contribution in [0.1, 0.15) is 5.56 Å². The summed E-state index contributed by atoms with van der Waals surface area (Å²) < 4.78 is 0. The molecule has 0 saturated heterocycles. The third-order valence-corrected chi connectivity index (χ3v) is 4.68. The van der Waals surface area contributed by atoms with Crippen molar-refractivity contribution in [1.82, 2.24) is 0 Å². The number of nitrogen functional groups attached to an aromatic ring is 1. The van der Waals surface area contributed by atoms with Crippen molar-refractivity contribution < 1.29 is 0 Å². The van der Waals surface area contributed by atoms with Gasteiger partial charge in [0.1, 0.15) is 5.84 Å².